The Bertz CT molecular complexity index is 877. The lowest BCUT2D eigenvalue weighted by atomic mass is 9.74. The molecule has 0 amide bonds. The molecule has 1 unspecified atom stereocenters. The fourth-order valence-electron chi connectivity index (χ4n) is 2.83. The second-order valence-electron chi connectivity index (χ2n) is 5.30. The SMILES string of the molecule is O=C(O)C(CC(F)(F)F)(c1ccccc1)c1ccnc2ccnn12. The Hall–Kier alpha value is -2.90. The van der Waals surface area contributed by atoms with E-state index in [1.54, 1.807) is 6.07 Å². The first-order valence-electron chi connectivity index (χ1n) is 6.99. The fraction of sp³-hybridized carbons (Fsp3) is 0.188. The van der Waals surface area contributed by atoms with Crippen LogP contribution in [0.25, 0.3) is 5.65 Å². The van der Waals surface area contributed by atoms with Crippen molar-refractivity contribution in [2.75, 3.05) is 0 Å². The third-order valence-corrected chi connectivity index (χ3v) is 3.82. The van der Waals surface area contributed by atoms with Gasteiger partial charge in [0.15, 0.2) is 5.65 Å². The maximum absolute atomic E-state index is 13.3. The average molecular weight is 335 g/mol. The van der Waals surface area contributed by atoms with E-state index in [9.17, 15) is 23.1 Å². The molecule has 2 aromatic heterocycles. The van der Waals surface area contributed by atoms with Gasteiger partial charge in [-0.1, -0.05) is 30.3 Å². The van der Waals surface area contributed by atoms with E-state index in [0.717, 1.165) is 4.52 Å². The molecule has 0 fully saturated rings. The van der Waals surface area contributed by atoms with E-state index >= 15 is 0 Å². The molecule has 0 saturated heterocycles. The number of carboxylic acid groups (broad SMARTS) is 1. The fourth-order valence-corrected chi connectivity index (χ4v) is 2.83. The van der Waals surface area contributed by atoms with Gasteiger partial charge >= 0.3 is 12.1 Å². The lowest BCUT2D eigenvalue weighted by Gasteiger charge is -2.31. The van der Waals surface area contributed by atoms with Gasteiger partial charge in [-0.15, -0.1) is 0 Å². The highest BCUT2D eigenvalue weighted by Gasteiger charge is 2.52. The molecule has 0 spiro atoms. The topological polar surface area (TPSA) is 67.5 Å². The van der Waals surface area contributed by atoms with Crippen molar-refractivity contribution < 1.29 is 23.1 Å². The minimum Gasteiger partial charge on any atom is -0.480 e. The highest BCUT2D eigenvalue weighted by atomic mass is 19.4. The first-order valence-corrected chi connectivity index (χ1v) is 6.99. The largest absolute Gasteiger partial charge is 0.480 e. The Morgan fingerprint density at radius 3 is 2.42 bits per heavy atom. The average Bonchev–Trinajstić information content (AvgIpc) is 3.01. The molecule has 2 heterocycles. The summed E-state index contributed by atoms with van der Waals surface area (Å²) in [6.07, 6.45) is -3.62. The number of benzene rings is 1. The number of hydrogen-bond donors (Lipinski definition) is 1. The summed E-state index contributed by atoms with van der Waals surface area (Å²) in [7, 11) is 0. The van der Waals surface area contributed by atoms with Crippen LogP contribution in [0.2, 0.25) is 0 Å². The van der Waals surface area contributed by atoms with Crippen molar-refractivity contribution in [3.05, 3.63) is 66.1 Å². The molecule has 124 valence electrons. The maximum atomic E-state index is 13.3. The third kappa shape index (κ3) is 2.60. The van der Waals surface area contributed by atoms with Gasteiger partial charge in [-0.25, -0.2) is 9.50 Å². The second kappa shape index (κ2) is 5.63. The molecule has 0 aliphatic heterocycles. The van der Waals surface area contributed by atoms with Gasteiger partial charge < -0.3 is 5.11 Å². The molecule has 1 N–H and O–H groups in total. The van der Waals surface area contributed by atoms with Crippen LogP contribution in [0.15, 0.2) is 54.9 Å². The lowest BCUT2D eigenvalue weighted by molar-refractivity contribution is -0.165. The number of alkyl halides is 3. The van der Waals surface area contributed by atoms with Crippen molar-refractivity contribution in [2.24, 2.45) is 0 Å². The van der Waals surface area contributed by atoms with Crippen LogP contribution in [0.5, 0.6) is 0 Å². The zero-order valence-electron chi connectivity index (χ0n) is 12.2. The predicted molar refractivity (Wildman–Crippen MR) is 78.5 cm³/mol. The summed E-state index contributed by atoms with van der Waals surface area (Å²) < 4.78 is 41.0. The Morgan fingerprint density at radius 2 is 1.79 bits per heavy atom. The number of halogens is 3. The van der Waals surface area contributed by atoms with Crippen LogP contribution >= 0.6 is 0 Å². The molecule has 0 aliphatic carbocycles. The van der Waals surface area contributed by atoms with Gasteiger partial charge in [-0.05, 0) is 11.6 Å². The number of rotatable bonds is 4. The van der Waals surface area contributed by atoms with Gasteiger partial charge in [0, 0.05) is 12.3 Å². The van der Waals surface area contributed by atoms with Gasteiger partial charge in [0.05, 0.1) is 18.3 Å². The summed E-state index contributed by atoms with van der Waals surface area (Å²) in [5.74, 6) is -1.60. The van der Waals surface area contributed by atoms with E-state index in [1.165, 1.54) is 48.8 Å². The minimum atomic E-state index is -4.70. The number of aromatic nitrogens is 3. The third-order valence-electron chi connectivity index (χ3n) is 3.82. The van der Waals surface area contributed by atoms with E-state index in [0.29, 0.717) is 0 Å². The van der Waals surface area contributed by atoms with E-state index in [-0.39, 0.29) is 16.9 Å². The van der Waals surface area contributed by atoms with Gasteiger partial charge in [0.25, 0.3) is 0 Å². The summed E-state index contributed by atoms with van der Waals surface area (Å²) in [4.78, 5) is 16.1. The van der Waals surface area contributed by atoms with Crippen molar-refractivity contribution in [3.63, 3.8) is 0 Å². The van der Waals surface area contributed by atoms with Crippen LogP contribution in [0, 0.1) is 0 Å². The molecule has 3 rings (SSSR count). The molecule has 0 bridgehead atoms. The van der Waals surface area contributed by atoms with E-state index < -0.39 is 24.0 Å². The highest BCUT2D eigenvalue weighted by Crippen LogP contribution is 2.42. The van der Waals surface area contributed by atoms with Crippen LogP contribution in [-0.4, -0.2) is 31.9 Å². The normalized spacial score (nSPS) is 14.5. The molecule has 0 aliphatic rings. The van der Waals surface area contributed by atoms with E-state index in [2.05, 4.69) is 10.1 Å². The van der Waals surface area contributed by atoms with Crippen LogP contribution in [0.3, 0.4) is 0 Å². The molecule has 3 aromatic rings. The van der Waals surface area contributed by atoms with E-state index in [4.69, 9.17) is 0 Å². The Morgan fingerprint density at radius 1 is 1.08 bits per heavy atom. The van der Waals surface area contributed by atoms with Crippen molar-refractivity contribution in [2.45, 2.75) is 18.0 Å². The molecular formula is C16H12F3N3O2. The first kappa shape index (κ1) is 16.0. The van der Waals surface area contributed by atoms with Crippen LogP contribution in [0.1, 0.15) is 17.7 Å². The molecule has 1 aromatic carbocycles. The van der Waals surface area contributed by atoms with Crippen LogP contribution in [0.4, 0.5) is 13.2 Å². The summed E-state index contributed by atoms with van der Waals surface area (Å²) >= 11 is 0. The summed E-state index contributed by atoms with van der Waals surface area (Å²) in [6, 6.07) is 10.1. The summed E-state index contributed by atoms with van der Waals surface area (Å²) in [5.41, 5.74) is -2.13. The second-order valence-corrected chi connectivity index (χ2v) is 5.30. The quantitative estimate of drug-likeness (QED) is 0.796. The van der Waals surface area contributed by atoms with Gasteiger partial charge in [0.1, 0.15) is 5.41 Å². The minimum absolute atomic E-state index is 0.0258. The maximum Gasteiger partial charge on any atom is 0.390 e. The van der Waals surface area contributed by atoms with Gasteiger partial charge in [-0.2, -0.15) is 18.3 Å². The van der Waals surface area contributed by atoms with Crippen LogP contribution in [-0.2, 0) is 10.2 Å². The van der Waals surface area contributed by atoms with Gasteiger partial charge in [0.2, 0.25) is 0 Å². The van der Waals surface area contributed by atoms with Crippen molar-refractivity contribution in [1.29, 1.82) is 0 Å². The van der Waals surface area contributed by atoms with Crippen molar-refractivity contribution in [1.82, 2.24) is 14.6 Å². The predicted octanol–water partition coefficient (Wildman–Crippen LogP) is 3.05. The van der Waals surface area contributed by atoms with Crippen molar-refractivity contribution in [3.8, 4) is 0 Å². The van der Waals surface area contributed by atoms with E-state index in [1.807, 2.05) is 0 Å². The number of fused-ring (bicyclic) bond motifs is 1. The van der Waals surface area contributed by atoms with Gasteiger partial charge in [-0.3, -0.25) is 4.79 Å². The zero-order chi connectivity index (χ0) is 17.4. The lowest BCUT2D eigenvalue weighted by Crippen LogP contribution is -2.43. The standard InChI is InChI=1S/C16H12F3N3O2/c17-16(18,19)10-15(14(23)24,11-4-2-1-3-5-11)12-6-8-20-13-7-9-21-22(12)13/h1-9H,10H2,(H,23,24). The Balaban J connectivity index is 2.37. The number of aliphatic carboxylic acids is 1. The summed E-state index contributed by atoms with van der Waals surface area (Å²) in [6.45, 7) is 0. The highest BCUT2D eigenvalue weighted by molar-refractivity contribution is 5.85. The Kier molecular flexibility index (Phi) is 3.75. The van der Waals surface area contributed by atoms with Crippen molar-refractivity contribution >= 4 is 11.6 Å². The molecule has 8 heteroatoms. The van der Waals surface area contributed by atoms with Crippen LogP contribution < -0.4 is 0 Å². The molecule has 0 radical (unpaired) electrons. The molecule has 1 atom stereocenters. The molecule has 5 nitrogen and oxygen atoms in total. The monoisotopic (exact) mass is 335 g/mol. The number of hydrogen-bond acceptors (Lipinski definition) is 3. The molecular weight excluding hydrogens is 323 g/mol. The molecule has 0 saturated carbocycles. The molecule has 24 heavy (non-hydrogen) atoms. The zero-order valence-corrected chi connectivity index (χ0v) is 12.2. The number of nitrogens with zero attached hydrogens (tertiary/aromatic N) is 3. The first-order chi connectivity index (χ1) is 11.3. The Labute approximate surface area is 134 Å². The smallest absolute Gasteiger partial charge is 0.390 e. The summed E-state index contributed by atoms with van der Waals surface area (Å²) in [5, 5.41) is 13.8. The number of carbonyl (C=O) groups is 1. The number of carboxylic acids is 1.